The Labute approximate surface area is 220 Å². The Morgan fingerprint density at radius 3 is 2.68 bits per heavy atom. The van der Waals surface area contributed by atoms with E-state index >= 15 is 0 Å². The first-order chi connectivity index (χ1) is 18.2. The van der Waals surface area contributed by atoms with E-state index in [1.807, 2.05) is 13.8 Å². The highest BCUT2D eigenvalue weighted by molar-refractivity contribution is 8.23. The third-order valence-electron chi connectivity index (χ3n) is 6.81. The number of nitrogens with zero attached hydrogens (tertiary/aromatic N) is 4. The second kappa shape index (κ2) is 9.31. The van der Waals surface area contributed by atoms with E-state index in [4.69, 9.17) is 4.42 Å². The second-order valence-corrected chi connectivity index (χ2v) is 11.7. The van der Waals surface area contributed by atoms with Crippen LogP contribution in [0.2, 0.25) is 0 Å². The van der Waals surface area contributed by atoms with Gasteiger partial charge in [0.1, 0.15) is 21.7 Å². The quantitative estimate of drug-likeness (QED) is 0.238. The van der Waals surface area contributed by atoms with Gasteiger partial charge in [-0.05, 0) is 56.1 Å². The summed E-state index contributed by atoms with van der Waals surface area (Å²) < 4.78 is 33.8. The highest BCUT2D eigenvalue weighted by Gasteiger charge is 2.34. The minimum atomic E-state index is -3.80. The molecule has 4 heterocycles. The fraction of sp³-hybridized carbons (Fsp3) is 0.346. The minimum absolute atomic E-state index is 0.105. The number of benzene rings is 2. The normalized spacial score (nSPS) is 18.0. The molecule has 11 nitrogen and oxygen atoms in total. The zero-order valence-electron chi connectivity index (χ0n) is 21.1. The van der Waals surface area contributed by atoms with Crippen LogP contribution in [-0.2, 0) is 6.54 Å². The maximum atomic E-state index is 13.7. The molecule has 1 saturated heterocycles. The van der Waals surface area contributed by atoms with Crippen LogP contribution in [-0.4, -0.2) is 54.2 Å². The maximum absolute atomic E-state index is 13.7. The summed E-state index contributed by atoms with van der Waals surface area (Å²) in [5.74, 6) is 0.313. The summed E-state index contributed by atoms with van der Waals surface area (Å²) in [6, 6.07) is 10.3. The van der Waals surface area contributed by atoms with Crippen LogP contribution in [0.1, 0.15) is 38.1 Å². The van der Waals surface area contributed by atoms with Crippen LogP contribution in [0.15, 0.2) is 54.9 Å². The number of rotatable bonds is 6. The van der Waals surface area contributed by atoms with Gasteiger partial charge in [0.05, 0.1) is 17.7 Å². The number of oxazole rings is 1. The summed E-state index contributed by atoms with van der Waals surface area (Å²) in [5, 5.41) is 14.6. The molecule has 2 aliphatic heterocycles. The van der Waals surface area contributed by atoms with Gasteiger partial charge in [0.15, 0.2) is 11.4 Å². The molecular formula is C26H30N6O5S. The van der Waals surface area contributed by atoms with Crippen molar-refractivity contribution in [2.45, 2.75) is 38.1 Å². The summed E-state index contributed by atoms with van der Waals surface area (Å²) in [4.78, 5) is 20.6. The summed E-state index contributed by atoms with van der Waals surface area (Å²) in [7, 11) is -3.80. The van der Waals surface area contributed by atoms with Crippen LogP contribution >= 0.6 is 10.8 Å². The molecule has 0 radical (unpaired) electrons. The Bertz CT molecular complexity index is 1640. The van der Waals surface area contributed by atoms with Gasteiger partial charge in [0, 0.05) is 11.9 Å². The zero-order chi connectivity index (χ0) is 26.6. The van der Waals surface area contributed by atoms with E-state index in [0.717, 1.165) is 25.9 Å². The van der Waals surface area contributed by atoms with Crippen molar-refractivity contribution in [3.05, 3.63) is 58.2 Å². The van der Waals surface area contributed by atoms with Crippen LogP contribution in [0.25, 0.3) is 22.0 Å². The van der Waals surface area contributed by atoms with Crippen molar-refractivity contribution < 1.29 is 18.6 Å². The largest absolute Gasteiger partial charge is 0.506 e. The smallest absolute Gasteiger partial charge is 0.284 e. The summed E-state index contributed by atoms with van der Waals surface area (Å²) >= 11 is 0. The third-order valence-corrected chi connectivity index (χ3v) is 8.21. The average molecular weight is 539 g/mol. The minimum Gasteiger partial charge on any atom is -0.506 e. The SMILES string of the molecule is CC(C)CNn1c(=O)c(C2=NS(O)(O)c3c(ccc4oc(CN5CCCC5)nc34)N2)c(O)c2ccccc21. The van der Waals surface area contributed by atoms with E-state index in [1.54, 1.807) is 36.4 Å². The Hall–Kier alpha value is -3.58. The van der Waals surface area contributed by atoms with Crippen molar-refractivity contribution in [3.8, 4) is 5.75 Å². The predicted octanol–water partition coefficient (Wildman–Crippen LogP) is 4.54. The molecule has 0 amide bonds. The number of amidine groups is 1. The lowest BCUT2D eigenvalue weighted by Gasteiger charge is -2.34. The molecule has 0 aliphatic carbocycles. The molecule has 2 aromatic carbocycles. The highest BCUT2D eigenvalue weighted by atomic mass is 32.3. The Morgan fingerprint density at radius 1 is 1.16 bits per heavy atom. The van der Waals surface area contributed by atoms with Crippen molar-refractivity contribution in [1.82, 2.24) is 14.6 Å². The molecular weight excluding hydrogens is 508 g/mol. The predicted molar refractivity (Wildman–Crippen MR) is 149 cm³/mol. The molecule has 0 spiro atoms. The molecule has 0 saturated carbocycles. The lowest BCUT2D eigenvalue weighted by atomic mass is 10.1. The maximum Gasteiger partial charge on any atom is 0.284 e. The van der Waals surface area contributed by atoms with Crippen LogP contribution in [0, 0.1) is 5.92 Å². The fourth-order valence-corrected chi connectivity index (χ4v) is 6.30. The zero-order valence-corrected chi connectivity index (χ0v) is 22.0. The van der Waals surface area contributed by atoms with Crippen molar-refractivity contribution in [2.75, 3.05) is 30.4 Å². The number of hydrogen-bond acceptors (Lipinski definition) is 10. The first-order valence-electron chi connectivity index (χ1n) is 12.6. The van der Waals surface area contributed by atoms with E-state index in [-0.39, 0.29) is 28.0 Å². The Balaban J connectivity index is 1.46. The fourth-order valence-electron chi connectivity index (χ4n) is 4.99. The van der Waals surface area contributed by atoms with Crippen LogP contribution in [0.5, 0.6) is 5.75 Å². The molecule has 5 N–H and O–H groups in total. The number of aromatic hydroxyl groups is 1. The van der Waals surface area contributed by atoms with Gasteiger partial charge < -0.3 is 20.3 Å². The molecule has 6 rings (SSSR count). The molecule has 0 unspecified atom stereocenters. The monoisotopic (exact) mass is 538 g/mol. The second-order valence-electron chi connectivity index (χ2n) is 10.1. The van der Waals surface area contributed by atoms with Crippen molar-refractivity contribution in [1.29, 1.82) is 0 Å². The van der Waals surface area contributed by atoms with Gasteiger partial charge in [-0.3, -0.25) is 18.8 Å². The number of nitrogens with one attached hydrogen (secondary N) is 2. The molecule has 1 fully saturated rings. The number of fused-ring (bicyclic) bond motifs is 4. The average Bonchev–Trinajstić information content (AvgIpc) is 3.52. The van der Waals surface area contributed by atoms with E-state index in [2.05, 4.69) is 25.0 Å². The molecule has 2 aromatic heterocycles. The van der Waals surface area contributed by atoms with Gasteiger partial charge in [0.25, 0.3) is 5.56 Å². The molecule has 0 bridgehead atoms. The number of pyridine rings is 1. The first-order valence-corrected chi connectivity index (χ1v) is 14.1. The lowest BCUT2D eigenvalue weighted by molar-refractivity contribution is 0.295. The number of aromatic nitrogens is 2. The van der Waals surface area contributed by atoms with Gasteiger partial charge in [-0.2, -0.15) is 0 Å². The lowest BCUT2D eigenvalue weighted by Crippen LogP contribution is -2.37. The molecule has 38 heavy (non-hydrogen) atoms. The van der Waals surface area contributed by atoms with Crippen LogP contribution in [0.4, 0.5) is 5.69 Å². The number of likely N-dealkylation sites (tertiary alicyclic amines) is 1. The molecule has 4 aromatic rings. The van der Waals surface area contributed by atoms with E-state index in [0.29, 0.717) is 46.7 Å². The van der Waals surface area contributed by atoms with Crippen LogP contribution < -0.4 is 16.3 Å². The van der Waals surface area contributed by atoms with Gasteiger partial charge in [-0.25, -0.2) is 9.66 Å². The first kappa shape index (κ1) is 24.7. The number of anilines is 1. The Kier molecular flexibility index (Phi) is 6.06. The Morgan fingerprint density at radius 2 is 1.92 bits per heavy atom. The van der Waals surface area contributed by atoms with Gasteiger partial charge in [0.2, 0.25) is 5.89 Å². The highest BCUT2D eigenvalue weighted by Crippen LogP contribution is 2.58. The topological polar surface area (TPSA) is 148 Å². The van der Waals surface area contributed by atoms with Crippen molar-refractivity contribution in [2.24, 2.45) is 10.3 Å². The van der Waals surface area contributed by atoms with Crippen molar-refractivity contribution in [3.63, 3.8) is 0 Å². The molecule has 12 heteroatoms. The van der Waals surface area contributed by atoms with E-state index in [1.165, 1.54) is 4.68 Å². The summed E-state index contributed by atoms with van der Waals surface area (Å²) in [6.07, 6.45) is 2.27. The van der Waals surface area contributed by atoms with E-state index in [9.17, 15) is 19.0 Å². The van der Waals surface area contributed by atoms with Gasteiger partial charge >= 0.3 is 0 Å². The van der Waals surface area contributed by atoms with Crippen LogP contribution in [0.3, 0.4) is 0 Å². The summed E-state index contributed by atoms with van der Waals surface area (Å²) in [6.45, 7) is 7.03. The standard InChI is InChI=1S/C26H30N6O5S/c1-15(2)13-27-32-18-8-4-3-7-16(18)23(33)21(26(32)34)25-28-17-9-10-19-22(24(17)38(35,36)30-25)29-20(37-19)14-31-11-5-6-12-31/h3-4,7-10,15,27,33,35-36H,5-6,11-14H2,1-2H3,(H,28,30). The van der Waals surface area contributed by atoms with Gasteiger partial charge in [-0.15, -0.1) is 4.40 Å². The number of hydrogen-bond donors (Lipinski definition) is 5. The molecule has 0 atom stereocenters. The van der Waals surface area contributed by atoms with E-state index < -0.39 is 16.3 Å². The molecule has 2 aliphatic rings. The molecule has 200 valence electrons. The third kappa shape index (κ3) is 4.19. The van der Waals surface area contributed by atoms with Crippen molar-refractivity contribution >= 4 is 44.3 Å². The van der Waals surface area contributed by atoms with Gasteiger partial charge in [-0.1, -0.05) is 36.8 Å². The number of para-hydroxylation sites is 1. The summed E-state index contributed by atoms with van der Waals surface area (Å²) in [5.41, 5.74) is 3.95.